The summed E-state index contributed by atoms with van der Waals surface area (Å²) >= 11 is 6.01. The number of alkyl halides is 1. The number of allylic oxidation sites excluding steroid dienone is 2. The lowest BCUT2D eigenvalue weighted by Gasteiger charge is -2.31. The van der Waals surface area contributed by atoms with Gasteiger partial charge in [0.25, 0.3) is 0 Å². The van der Waals surface area contributed by atoms with Crippen LogP contribution in [0.5, 0.6) is 11.5 Å². The number of hydrogen-bond acceptors (Lipinski definition) is 9. The average Bonchev–Trinajstić information content (AvgIpc) is 3.40. The minimum atomic E-state index is -4.06. The van der Waals surface area contributed by atoms with Gasteiger partial charge < -0.3 is 14.0 Å². The van der Waals surface area contributed by atoms with Gasteiger partial charge in [-0.1, -0.05) is 42.5 Å². The van der Waals surface area contributed by atoms with E-state index in [1.165, 1.54) is 22.5 Å². The van der Waals surface area contributed by atoms with E-state index in [9.17, 15) is 18.3 Å². The van der Waals surface area contributed by atoms with Gasteiger partial charge in [-0.05, 0) is 79.1 Å². The van der Waals surface area contributed by atoms with Crippen LogP contribution in [0.15, 0.2) is 70.0 Å². The predicted molar refractivity (Wildman–Crippen MR) is 168 cm³/mol. The number of nitrogens with zero attached hydrogens (tertiary/aromatic N) is 4. The number of aromatic hydroxyl groups is 1. The fourth-order valence-electron chi connectivity index (χ4n) is 5.88. The molecule has 10 nitrogen and oxygen atoms in total. The smallest absolute Gasteiger partial charge is 0.385 e. The van der Waals surface area contributed by atoms with Gasteiger partial charge in [-0.15, -0.1) is 11.6 Å². The zero-order chi connectivity index (χ0) is 31.6. The summed E-state index contributed by atoms with van der Waals surface area (Å²) in [5, 5.41) is 21.0. The Labute approximate surface area is 264 Å². The summed E-state index contributed by atoms with van der Waals surface area (Å²) in [6.07, 6.45) is 5.21. The lowest BCUT2D eigenvalue weighted by Crippen LogP contribution is -2.37. The molecular formula is C32H39ClN4O6S. The summed E-state index contributed by atoms with van der Waals surface area (Å²) in [6.45, 7) is 9.01. The minimum Gasteiger partial charge on any atom is -0.508 e. The number of aryl methyl sites for hydroxylation is 1. The molecule has 12 heteroatoms. The lowest BCUT2D eigenvalue weighted by atomic mass is 9.79. The molecule has 0 saturated heterocycles. The van der Waals surface area contributed by atoms with E-state index < -0.39 is 10.3 Å². The van der Waals surface area contributed by atoms with Crippen molar-refractivity contribution in [2.45, 2.75) is 71.6 Å². The van der Waals surface area contributed by atoms with E-state index in [-0.39, 0.29) is 61.6 Å². The Morgan fingerprint density at radius 3 is 2.77 bits per heavy atom. The van der Waals surface area contributed by atoms with Crippen molar-refractivity contribution < 1.29 is 27.2 Å². The Hall–Kier alpha value is -3.41. The first-order valence-corrected chi connectivity index (χ1v) is 16.8. The van der Waals surface area contributed by atoms with Crippen molar-refractivity contribution in [2.75, 3.05) is 19.0 Å². The largest absolute Gasteiger partial charge is 0.508 e. The number of benzene rings is 2. The van der Waals surface area contributed by atoms with Gasteiger partial charge in [0.05, 0.1) is 19.1 Å². The van der Waals surface area contributed by atoms with Crippen molar-refractivity contribution in [2.24, 2.45) is 16.3 Å². The van der Waals surface area contributed by atoms with E-state index in [0.29, 0.717) is 17.4 Å². The molecule has 3 unspecified atom stereocenters. The number of phenolic OH excluding ortho intramolecular Hbond substituents is 1. The third-order valence-corrected chi connectivity index (χ3v) is 10.3. The Kier molecular flexibility index (Phi) is 9.67. The highest BCUT2D eigenvalue weighted by Gasteiger charge is 2.38. The van der Waals surface area contributed by atoms with E-state index in [2.05, 4.69) is 29.4 Å². The van der Waals surface area contributed by atoms with Gasteiger partial charge >= 0.3 is 16.3 Å². The zero-order valence-corrected chi connectivity index (χ0v) is 27.0. The molecule has 0 aromatic heterocycles. The van der Waals surface area contributed by atoms with Crippen LogP contribution in [0.1, 0.15) is 61.8 Å². The first kappa shape index (κ1) is 32.0. The average molecular weight is 643 g/mol. The normalized spacial score (nSPS) is 21.9. The number of esters is 1. The molecule has 0 amide bonds. The van der Waals surface area contributed by atoms with E-state index >= 15 is 0 Å². The first-order valence-electron chi connectivity index (χ1n) is 14.9. The van der Waals surface area contributed by atoms with Crippen LogP contribution in [0.25, 0.3) is 0 Å². The molecule has 5 rings (SSSR count). The van der Waals surface area contributed by atoms with E-state index in [4.69, 9.17) is 20.5 Å². The highest BCUT2D eigenvalue weighted by molar-refractivity contribution is 7.84. The number of phenols is 1. The van der Waals surface area contributed by atoms with Crippen LogP contribution in [0.3, 0.4) is 0 Å². The van der Waals surface area contributed by atoms with Crippen LogP contribution in [-0.2, 0) is 32.9 Å². The summed E-state index contributed by atoms with van der Waals surface area (Å²) < 4.78 is 38.0. The molecule has 1 aliphatic carbocycles. The molecule has 2 aliphatic heterocycles. The van der Waals surface area contributed by atoms with Crippen molar-refractivity contribution in [1.82, 2.24) is 9.31 Å². The van der Waals surface area contributed by atoms with Crippen molar-refractivity contribution in [3.63, 3.8) is 0 Å². The molecule has 4 atom stereocenters. The summed E-state index contributed by atoms with van der Waals surface area (Å²) in [4.78, 5) is 12.9. The van der Waals surface area contributed by atoms with Crippen LogP contribution < -0.4 is 4.18 Å². The van der Waals surface area contributed by atoms with Crippen molar-refractivity contribution >= 4 is 27.9 Å². The molecule has 236 valence electrons. The summed E-state index contributed by atoms with van der Waals surface area (Å²) in [6, 6.07) is 10.1. The number of rotatable bonds is 11. The zero-order valence-electron chi connectivity index (χ0n) is 25.4. The predicted octanol–water partition coefficient (Wildman–Crippen LogP) is 5.95. The number of ether oxygens (including phenoxy) is 1. The molecule has 0 fully saturated rings. The lowest BCUT2D eigenvalue weighted by molar-refractivity contribution is -0.143. The van der Waals surface area contributed by atoms with Crippen molar-refractivity contribution in [1.29, 1.82) is 0 Å². The van der Waals surface area contributed by atoms with Gasteiger partial charge in [0, 0.05) is 37.0 Å². The first-order chi connectivity index (χ1) is 21.0. The molecule has 1 N–H and O–H groups in total. The summed E-state index contributed by atoms with van der Waals surface area (Å²) in [5.74, 6) is 0.567. The monoisotopic (exact) mass is 642 g/mol. The molecule has 0 saturated carbocycles. The molecule has 2 aromatic carbocycles. The fourth-order valence-corrected chi connectivity index (χ4v) is 7.13. The van der Waals surface area contributed by atoms with Gasteiger partial charge in [-0.3, -0.25) is 9.80 Å². The molecular weight excluding hydrogens is 604 g/mol. The number of fused-ring (bicyclic) bond motifs is 2. The maximum atomic E-state index is 13.0. The third kappa shape index (κ3) is 6.79. The summed E-state index contributed by atoms with van der Waals surface area (Å²) in [5.41, 5.74) is 5.14. The number of hydrogen-bond donors (Lipinski definition) is 1. The molecule has 0 radical (unpaired) electrons. The fraction of sp³-hybridized carbons (Fsp3) is 0.469. The van der Waals surface area contributed by atoms with Gasteiger partial charge in [0.2, 0.25) is 0 Å². The molecule has 0 spiro atoms. The SMILES string of the molecule is CCOC(=O)CC(C1=C(C)C2N=NN(CC[C@@H](C)CCl)C2C=C1)c1ccc(C)c(CN2Cc3cc(O)ccc3OS2(=O)=O)c1. The quantitative estimate of drug-likeness (QED) is 0.238. The second-order valence-corrected chi connectivity index (χ2v) is 13.5. The second-order valence-electron chi connectivity index (χ2n) is 11.7. The van der Waals surface area contributed by atoms with Crippen molar-refractivity contribution in [3.8, 4) is 11.5 Å². The van der Waals surface area contributed by atoms with E-state index in [0.717, 1.165) is 40.8 Å². The standard InChI is InChI=1S/C32H39ClN4O6S/c1-5-42-31(39)16-28(27-9-10-29-32(22(27)4)34-35-37(29)13-12-20(2)17-33)23-7-6-21(3)24(14-23)18-36-19-25-15-26(38)8-11-30(25)43-44(36,40)41/h6-11,14-15,20,28-29,32,38H,5,12-13,16-19H2,1-4H3/t20-,28?,29?,32?/m1/s1. The van der Waals surface area contributed by atoms with Crippen LogP contribution in [0.4, 0.5) is 0 Å². The Morgan fingerprint density at radius 2 is 2.02 bits per heavy atom. The molecule has 0 bridgehead atoms. The minimum absolute atomic E-state index is 0.00437. The highest BCUT2D eigenvalue weighted by Crippen LogP contribution is 2.40. The third-order valence-electron chi connectivity index (χ3n) is 8.52. The Bertz CT molecular complexity index is 1610. The van der Waals surface area contributed by atoms with Crippen LogP contribution in [-0.4, -0.2) is 59.9 Å². The van der Waals surface area contributed by atoms with Gasteiger partial charge in [0.1, 0.15) is 17.5 Å². The van der Waals surface area contributed by atoms with Gasteiger partial charge in [-0.2, -0.15) is 17.8 Å². The highest BCUT2D eigenvalue weighted by atomic mass is 35.5. The molecule has 2 aromatic rings. The number of halogens is 1. The van der Waals surface area contributed by atoms with Crippen LogP contribution >= 0.6 is 11.6 Å². The van der Waals surface area contributed by atoms with Gasteiger partial charge in [0.15, 0.2) is 0 Å². The number of carbonyl (C=O) groups excluding carboxylic acids is 1. The summed E-state index contributed by atoms with van der Waals surface area (Å²) in [7, 11) is -4.06. The Balaban J connectivity index is 1.44. The van der Waals surface area contributed by atoms with Crippen molar-refractivity contribution in [3.05, 3.63) is 82.0 Å². The second kappa shape index (κ2) is 13.3. The topological polar surface area (TPSA) is 121 Å². The van der Waals surface area contributed by atoms with Crippen LogP contribution in [0, 0.1) is 12.8 Å². The maximum Gasteiger partial charge on any atom is 0.385 e. The number of carbonyl (C=O) groups is 1. The van der Waals surface area contributed by atoms with E-state index in [1.54, 1.807) is 6.92 Å². The maximum absolute atomic E-state index is 13.0. The van der Waals surface area contributed by atoms with Crippen LogP contribution in [0.2, 0.25) is 0 Å². The molecule has 2 heterocycles. The Morgan fingerprint density at radius 1 is 1.23 bits per heavy atom. The van der Waals surface area contributed by atoms with E-state index in [1.807, 2.05) is 37.1 Å². The van der Waals surface area contributed by atoms with Gasteiger partial charge in [-0.25, -0.2) is 0 Å². The molecule has 44 heavy (non-hydrogen) atoms. The molecule has 3 aliphatic rings.